The monoisotopic (exact) mass is 252 g/mol. The molecular weight excluding hydrogens is 232 g/mol. The summed E-state index contributed by atoms with van der Waals surface area (Å²) < 4.78 is 4.84. The Morgan fingerprint density at radius 2 is 2.22 bits per heavy atom. The molecule has 18 heavy (non-hydrogen) atoms. The number of methoxy groups -OCH3 is 1. The zero-order valence-electron chi connectivity index (χ0n) is 11.1. The third-order valence-electron chi connectivity index (χ3n) is 2.48. The molecule has 1 heterocycles. The van der Waals surface area contributed by atoms with E-state index in [1.807, 2.05) is 0 Å². The third-order valence-corrected chi connectivity index (χ3v) is 2.48. The van der Waals surface area contributed by atoms with Gasteiger partial charge in [-0.3, -0.25) is 4.79 Å². The number of aromatic nitrogens is 2. The van der Waals surface area contributed by atoms with Gasteiger partial charge >= 0.3 is 0 Å². The first kappa shape index (κ1) is 14.4. The second-order valence-electron chi connectivity index (χ2n) is 3.99. The van der Waals surface area contributed by atoms with Crippen LogP contribution in [-0.2, 0) is 4.74 Å². The Balaban J connectivity index is 2.51. The minimum absolute atomic E-state index is 0.241. The van der Waals surface area contributed by atoms with Crippen molar-refractivity contribution in [3.63, 3.8) is 0 Å². The Kier molecular flexibility index (Phi) is 6.07. The lowest BCUT2D eigenvalue weighted by Crippen LogP contribution is -2.28. The number of rotatable bonds is 7. The SMILES string of the molecule is CCC(C)Nc1cnc(C(=O)NCCOC)cn1. The summed E-state index contributed by atoms with van der Waals surface area (Å²) in [4.78, 5) is 19.8. The number of carbonyl (C=O) groups excluding carboxylic acids is 1. The fourth-order valence-electron chi connectivity index (χ4n) is 1.23. The van der Waals surface area contributed by atoms with Crippen LogP contribution in [0.4, 0.5) is 5.82 Å². The van der Waals surface area contributed by atoms with Crippen LogP contribution in [0.25, 0.3) is 0 Å². The number of amides is 1. The molecule has 0 saturated carbocycles. The summed E-state index contributed by atoms with van der Waals surface area (Å²) in [5.74, 6) is 0.437. The number of carbonyl (C=O) groups is 1. The summed E-state index contributed by atoms with van der Waals surface area (Å²) in [6.45, 7) is 5.09. The van der Waals surface area contributed by atoms with Crippen LogP contribution in [0.5, 0.6) is 0 Å². The maximum absolute atomic E-state index is 11.6. The lowest BCUT2D eigenvalue weighted by atomic mass is 10.3. The van der Waals surface area contributed by atoms with Gasteiger partial charge in [0, 0.05) is 19.7 Å². The molecule has 1 unspecified atom stereocenters. The molecule has 0 spiro atoms. The van der Waals surface area contributed by atoms with Crippen LogP contribution in [-0.4, -0.2) is 42.2 Å². The van der Waals surface area contributed by atoms with Crippen LogP contribution < -0.4 is 10.6 Å². The van der Waals surface area contributed by atoms with E-state index in [4.69, 9.17) is 4.74 Å². The van der Waals surface area contributed by atoms with Gasteiger partial charge < -0.3 is 15.4 Å². The highest BCUT2D eigenvalue weighted by molar-refractivity contribution is 5.91. The Hall–Kier alpha value is -1.69. The topological polar surface area (TPSA) is 76.1 Å². The van der Waals surface area contributed by atoms with E-state index in [1.165, 1.54) is 6.20 Å². The van der Waals surface area contributed by atoms with Gasteiger partial charge in [-0.1, -0.05) is 6.92 Å². The Labute approximate surface area is 107 Å². The molecule has 1 aromatic heterocycles. The first-order valence-corrected chi connectivity index (χ1v) is 6.03. The van der Waals surface area contributed by atoms with Gasteiger partial charge in [-0.15, -0.1) is 0 Å². The highest BCUT2D eigenvalue weighted by atomic mass is 16.5. The molecule has 1 atom stereocenters. The van der Waals surface area contributed by atoms with Crippen molar-refractivity contribution in [2.75, 3.05) is 25.6 Å². The summed E-state index contributed by atoms with van der Waals surface area (Å²) in [5, 5.41) is 5.87. The Morgan fingerprint density at radius 1 is 1.44 bits per heavy atom. The Bertz CT molecular complexity index is 367. The van der Waals surface area contributed by atoms with Crippen molar-refractivity contribution in [3.8, 4) is 0 Å². The molecule has 0 fully saturated rings. The van der Waals surface area contributed by atoms with E-state index in [9.17, 15) is 4.79 Å². The third kappa shape index (κ3) is 4.67. The molecule has 0 bridgehead atoms. The van der Waals surface area contributed by atoms with Gasteiger partial charge in [-0.05, 0) is 13.3 Å². The zero-order chi connectivity index (χ0) is 13.4. The van der Waals surface area contributed by atoms with E-state index < -0.39 is 0 Å². The van der Waals surface area contributed by atoms with Crippen LogP contribution in [0.2, 0.25) is 0 Å². The van der Waals surface area contributed by atoms with Gasteiger partial charge in [-0.2, -0.15) is 0 Å². The predicted molar refractivity (Wildman–Crippen MR) is 69.6 cm³/mol. The first-order valence-electron chi connectivity index (χ1n) is 6.03. The van der Waals surface area contributed by atoms with Crippen LogP contribution in [0, 0.1) is 0 Å². The van der Waals surface area contributed by atoms with Crippen molar-refractivity contribution in [3.05, 3.63) is 18.1 Å². The Morgan fingerprint density at radius 3 is 2.78 bits per heavy atom. The maximum atomic E-state index is 11.6. The predicted octanol–water partition coefficient (Wildman–Crippen LogP) is 1.06. The molecule has 1 aromatic rings. The number of nitrogens with zero attached hydrogens (tertiary/aromatic N) is 2. The molecule has 100 valence electrons. The van der Waals surface area contributed by atoms with E-state index >= 15 is 0 Å². The van der Waals surface area contributed by atoms with E-state index in [-0.39, 0.29) is 5.91 Å². The van der Waals surface area contributed by atoms with E-state index in [0.717, 1.165) is 6.42 Å². The molecule has 2 N–H and O–H groups in total. The minimum Gasteiger partial charge on any atom is -0.383 e. The van der Waals surface area contributed by atoms with Crippen molar-refractivity contribution >= 4 is 11.7 Å². The fraction of sp³-hybridized carbons (Fsp3) is 0.583. The van der Waals surface area contributed by atoms with Crippen molar-refractivity contribution in [2.45, 2.75) is 26.3 Å². The van der Waals surface area contributed by atoms with Crippen molar-refractivity contribution in [1.29, 1.82) is 0 Å². The number of nitrogens with one attached hydrogen (secondary N) is 2. The fourth-order valence-corrected chi connectivity index (χ4v) is 1.23. The quantitative estimate of drug-likeness (QED) is 0.710. The molecule has 0 radical (unpaired) electrons. The summed E-state index contributed by atoms with van der Waals surface area (Å²) in [6, 6.07) is 0.334. The second kappa shape index (κ2) is 7.60. The number of hydrogen-bond donors (Lipinski definition) is 2. The number of hydrogen-bond acceptors (Lipinski definition) is 5. The molecule has 0 aromatic carbocycles. The van der Waals surface area contributed by atoms with Gasteiger partial charge in [0.1, 0.15) is 11.5 Å². The van der Waals surface area contributed by atoms with Crippen molar-refractivity contribution in [1.82, 2.24) is 15.3 Å². The minimum atomic E-state index is -0.241. The average Bonchev–Trinajstić information content (AvgIpc) is 2.39. The molecule has 1 rings (SSSR count). The lowest BCUT2D eigenvalue weighted by Gasteiger charge is -2.11. The molecule has 6 heteroatoms. The van der Waals surface area contributed by atoms with Crippen LogP contribution >= 0.6 is 0 Å². The van der Waals surface area contributed by atoms with Gasteiger partial charge in [0.15, 0.2) is 0 Å². The van der Waals surface area contributed by atoms with Crippen LogP contribution in [0.1, 0.15) is 30.8 Å². The molecule has 1 amide bonds. The van der Waals surface area contributed by atoms with Crippen LogP contribution in [0.3, 0.4) is 0 Å². The van der Waals surface area contributed by atoms with Crippen LogP contribution in [0.15, 0.2) is 12.4 Å². The molecule has 6 nitrogen and oxygen atoms in total. The standard InChI is InChI=1S/C12H20N4O2/c1-4-9(2)16-11-8-14-10(7-15-11)12(17)13-5-6-18-3/h7-9H,4-6H2,1-3H3,(H,13,17)(H,15,16). The van der Waals surface area contributed by atoms with Gasteiger partial charge in [0.25, 0.3) is 5.91 Å². The normalized spacial score (nSPS) is 11.9. The van der Waals surface area contributed by atoms with Gasteiger partial charge in [0.05, 0.1) is 19.0 Å². The number of ether oxygens (including phenoxy) is 1. The molecular formula is C12H20N4O2. The molecule has 0 saturated heterocycles. The van der Waals surface area contributed by atoms with Gasteiger partial charge in [-0.25, -0.2) is 9.97 Å². The molecule has 0 aliphatic heterocycles. The summed E-state index contributed by atoms with van der Waals surface area (Å²) >= 11 is 0. The molecule has 0 aliphatic rings. The maximum Gasteiger partial charge on any atom is 0.271 e. The summed E-state index contributed by atoms with van der Waals surface area (Å²) in [5.41, 5.74) is 0.306. The van der Waals surface area contributed by atoms with Gasteiger partial charge in [0.2, 0.25) is 0 Å². The second-order valence-corrected chi connectivity index (χ2v) is 3.99. The number of anilines is 1. The van der Waals surface area contributed by atoms with E-state index in [0.29, 0.717) is 30.7 Å². The first-order chi connectivity index (χ1) is 8.67. The van der Waals surface area contributed by atoms with Crippen molar-refractivity contribution < 1.29 is 9.53 Å². The summed E-state index contributed by atoms with van der Waals surface area (Å²) in [7, 11) is 1.58. The lowest BCUT2D eigenvalue weighted by molar-refractivity contribution is 0.0932. The highest BCUT2D eigenvalue weighted by Crippen LogP contribution is 2.04. The highest BCUT2D eigenvalue weighted by Gasteiger charge is 2.07. The largest absolute Gasteiger partial charge is 0.383 e. The molecule has 0 aliphatic carbocycles. The average molecular weight is 252 g/mol. The smallest absolute Gasteiger partial charge is 0.271 e. The summed E-state index contributed by atoms with van der Waals surface area (Å²) in [6.07, 6.45) is 4.03. The zero-order valence-corrected chi connectivity index (χ0v) is 11.1. The van der Waals surface area contributed by atoms with Crippen molar-refractivity contribution in [2.24, 2.45) is 0 Å². The van der Waals surface area contributed by atoms with E-state index in [1.54, 1.807) is 13.3 Å². The van der Waals surface area contributed by atoms with E-state index in [2.05, 4.69) is 34.4 Å².